The van der Waals surface area contributed by atoms with Gasteiger partial charge in [0, 0.05) is 0 Å². The zero-order chi connectivity index (χ0) is 30.5. The van der Waals surface area contributed by atoms with Crippen molar-refractivity contribution < 1.29 is 0 Å². The van der Waals surface area contributed by atoms with Crippen LogP contribution in [0, 0.1) is 0 Å². The van der Waals surface area contributed by atoms with Gasteiger partial charge in [-0.05, 0) is 108 Å². The molecule has 0 aromatic heterocycles. The summed E-state index contributed by atoms with van der Waals surface area (Å²) >= 11 is 0. The second kappa shape index (κ2) is 11.0. The van der Waals surface area contributed by atoms with Crippen molar-refractivity contribution in [2.75, 3.05) is 0 Å². The average molecular weight is 585 g/mol. The van der Waals surface area contributed by atoms with Crippen LogP contribution in [0.1, 0.15) is 18.4 Å². The number of allylic oxidation sites excluding steroid dienone is 4. The molecular weight excluding hydrogens is 553 g/mol. The molecule has 0 nitrogen and oxygen atoms in total. The highest BCUT2D eigenvalue weighted by atomic mass is 14.3. The summed E-state index contributed by atoms with van der Waals surface area (Å²) in [4.78, 5) is 0. The molecule has 7 aromatic rings. The fourth-order valence-corrected chi connectivity index (χ4v) is 7.57. The van der Waals surface area contributed by atoms with Crippen molar-refractivity contribution in [3.8, 4) is 66.8 Å². The molecule has 46 heavy (non-hydrogen) atoms. The van der Waals surface area contributed by atoms with Crippen molar-refractivity contribution in [3.05, 3.63) is 175 Å². The molecule has 0 saturated carbocycles. The molecule has 0 aliphatic heterocycles. The van der Waals surface area contributed by atoms with E-state index in [-0.39, 0.29) is 0 Å². The molecule has 2 aliphatic rings. The van der Waals surface area contributed by atoms with Gasteiger partial charge >= 0.3 is 0 Å². The maximum Gasteiger partial charge on any atom is -0.000763 e. The van der Waals surface area contributed by atoms with E-state index >= 15 is 0 Å². The van der Waals surface area contributed by atoms with E-state index in [2.05, 4.69) is 170 Å². The summed E-state index contributed by atoms with van der Waals surface area (Å²) < 4.78 is 0. The van der Waals surface area contributed by atoms with Crippen LogP contribution in [-0.2, 0) is 0 Å². The summed E-state index contributed by atoms with van der Waals surface area (Å²) in [5.41, 5.74) is 17.9. The standard InChI is InChI=1S/C46H32/c1-5-14-31(15-6-1)32-24-26-35(27-25-32)41-30-42(34-18-9-3-10-19-34)45-39-23-13-22-38-37(33-16-7-2-8-17-33)28-29-40(44(38)39)46(45)43(41)36-20-11-4-12-21-36/h2-5,7-30H,1,6H2. The molecule has 0 fully saturated rings. The highest BCUT2D eigenvalue weighted by molar-refractivity contribution is 6.24. The molecule has 0 spiro atoms. The molecule has 7 aromatic carbocycles. The predicted octanol–water partition coefficient (Wildman–Crippen LogP) is 12.9. The predicted molar refractivity (Wildman–Crippen MR) is 196 cm³/mol. The zero-order valence-corrected chi connectivity index (χ0v) is 25.6. The lowest BCUT2D eigenvalue weighted by atomic mass is 9.82. The molecule has 0 bridgehead atoms. The first kappa shape index (κ1) is 26.7. The summed E-state index contributed by atoms with van der Waals surface area (Å²) in [6.07, 6.45) is 9.13. The van der Waals surface area contributed by atoms with Crippen molar-refractivity contribution in [2.24, 2.45) is 0 Å². The van der Waals surface area contributed by atoms with E-state index in [4.69, 9.17) is 0 Å². The third kappa shape index (κ3) is 4.30. The average Bonchev–Trinajstić information content (AvgIpc) is 3.48. The minimum atomic E-state index is 1.11. The van der Waals surface area contributed by atoms with Crippen LogP contribution in [0.4, 0.5) is 0 Å². The van der Waals surface area contributed by atoms with Crippen LogP contribution < -0.4 is 0 Å². The second-order valence-electron chi connectivity index (χ2n) is 12.3. The lowest BCUT2D eigenvalue weighted by Crippen LogP contribution is -1.95. The van der Waals surface area contributed by atoms with Crippen LogP contribution >= 0.6 is 0 Å². The van der Waals surface area contributed by atoms with E-state index in [1.54, 1.807) is 0 Å². The van der Waals surface area contributed by atoms with Gasteiger partial charge in [0.1, 0.15) is 0 Å². The number of hydrogen-bond donors (Lipinski definition) is 0. The van der Waals surface area contributed by atoms with Crippen LogP contribution in [0.2, 0.25) is 0 Å². The maximum absolute atomic E-state index is 2.45. The summed E-state index contributed by atoms with van der Waals surface area (Å²) in [7, 11) is 0. The van der Waals surface area contributed by atoms with Gasteiger partial charge in [0.05, 0.1) is 0 Å². The maximum atomic E-state index is 2.45. The first-order valence-electron chi connectivity index (χ1n) is 16.3. The smallest absolute Gasteiger partial charge is 0.000763 e. The summed E-state index contributed by atoms with van der Waals surface area (Å²) in [6.45, 7) is 0. The molecule has 2 aliphatic carbocycles. The Kier molecular flexibility index (Phi) is 6.39. The first-order valence-corrected chi connectivity index (χ1v) is 16.3. The monoisotopic (exact) mass is 584 g/mol. The van der Waals surface area contributed by atoms with Gasteiger partial charge in [-0.25, -0.2) is 0 Å². The Morgan fingerprint density at radius 3 is 1.59 bits per heavy atom. The third-order valence-electron chi connectivity index (χ3n) is 9.66. The van der Waals surface area contributed by atoms with Crippen molar-refractivity contribution in [3.63, 3.8) is 0 Å². The Morgan fingerprint density at radius 2 is 0.913 bits per heavy atom. The van der Waals surface area contributed by atoms with Crippen LogP contribution in [0.5, 0.6) is 0 Å². The van der Waals surface area contributed by atoms with Crippen molar-refractivity contribution in [1.29, 1.82) is 0 Å². The van der Waals surface area contributed by atoms with Crippen molar-refractivity contribution >= 4 is 16.3 Å². The van der Waals surface area contributed by atoms with Gasteiger partial charge in [-0.2, -0.15) is 0 Å². The lowest BCUT2D eigenvalue weighted by Gasteiger charge is -2.21. The molecule has 0 radical (unpaired) electrons. The molecule has 0 amide bonds. The number of benzene rings is 7. The molecule has 9 rings (SSSR count). The van der Waals surface area contributed by atoms with Gasteiger partial charge in [0.15, 0.2) is 0 Å². The normalized spacial score (nSPS) is 13.1. The minimum absolute atomic E-state index is 1.11. The Balaban J connectivity index is 1.37. The summed E-state index contributed by atoms with van der Waals surface area (Å²) in [5.74, 6) is 0. The Hall–Kier alpha value is -5.72. The van der Waals surface area contributed by atoms with Crippen LogP contribution in [0.15, 0.2) is 170 Å². The zero-order valence-electron chi connectivity index (χ0n) is 25.6. The summed E-state index contributed by atoms with van der Waals surface area (Å²) in [6, 6.07) is 55.9. The first-order chi connectivity index (χ1) is 22.8. The second-order valence-corrected chi connectivity index (χ2v) is 12.3. The number of fused-ring (bicyclic) bond motifs is 3. The van der Waals surface area contributed by atoms with Gasteiger partial charge in [-0.15, -0.1) is 0 Å². The SMILES string of the molecule is C1=CC(c2ccc(-c3cc(-c4ccccc4)c4c(c3-c3ccccc3)-c3ccc(-c5ccccc5)c5cccc-4c35)cc2)=CCC1. The molecule has 0 saturated heterocycles. The highest BCUT2D eigenvalue weighted by Gasteiger charge is 2.30. The van der Waals surface area contributed by atoms with Gasteiger partial charge in [-0.3, -0.25) is 0 Å². The highest BCUT2D eigenvalue weighted by Crippen LogP contribution is 2.58. The molecule has 216 valence electrons. The van der Waals surface area contributed by atoms with E-state index in [1.165, 1.54) is 88.7 Å². The van der Waals surface area contributed by atoms with E-state index < -0.39 is 0 Å². The topological polar surface area (TPSA) is 0 Å². The molecule has 0 N–H and O–H groups in total. The largest absolute Gasteiger partial charge is 0.0836 e. The third-order valence-corrected chi connectivity index (χ3v) is 9.66. The van der Waals surface area contributed by atoms with E-state index in [0.717, 1.165) is 12.8 Å². The summed E-state index contributed by atoms with van der Waals surface area (Å²) in [5, 5.41) is 2.65. The Bertz CT molecular complexity index is 2300. The molecule has 0 atom stereocenters. The van der Waals surface area contributed by atoms with Crippen LogP contribution in [0.25, 0.3) is 83.1 Å². The van der Waals surface area contributed by atoms with Crippen molar-refractivity contribution in [1.82, 2.24) is 0 Å². The molecular formula is C46H32. The van der Waals surface area contributed by atoms with E-state index in [9.17, 15) is 0 Å². The minimum Gasteiger partial charge on any atom is -0.0836 e. The van der Waals surface area contributed by atoms with E-state index in [0.29, 0.717) is 0 Å². The quantitative estimate of drug-likeness (QED) is 0.189. The number of rotatable bonds is 5. The number of hydrogen-bond acceptors (Lipinski definition) is 0. The molecule has 0 heterocycles. The van der Waals surface area contributed by atoms with Crippen molar-refractivity contribution in [2.45, 2.75) is 12.8 Å². The lowest BCUT2D eigenvalue weighted by molar-refractivity contribution is 1.04. The van der Waals surface area contributed by atoms with Gasteiger partial charge < -0.3 is 0 Å². The Morgan fingerprint density at radius 1 is 0.348 bits per heavy atom. The fourth-order valence-electron chi connectivity index (χ4n) is 7.57. The van der Waals surface area contributed by atoms with Gasteiger partial charge in [0.25, 0.3) is 0 Å². The van der Waals surface area contributed by atoms with Gasteiger partial charge in [-0.1, -0.05) is 164 Å². The Labute approximate surface area is 270 Å². The fraction of sp³-hybridized carbons (Fsp3) is 0.0435. The van der Waals surface area contributed by atoms with Crippen LogP contribution in [-0.4, -0.2) is 0 Å². The van der Waals surface area contributed by atoms with Gasteiger partial charge in [0.2, 0.25) is 0 Å². The molecule has 0 unspecified atom stereocenters. The molecule has 0 heteroatoms. The van der Waals surface area contributed by atoms with Crippen LogP contribution in [0.3, 0.4) is 0 Å². The van der Waals surface area contributed by atoms with E-state index in [1.807, 2.05) is 0 Å².